The Kier molecular flexibility index (Phi) is 2.95. The minimum atomic E-state index is 0.657. The Balaban J connectivity index is 1.85. The first-order valence-corrected chi connectivity index (χ1v) is 6.05. The number of hydrogen-bond donors (Lipinski definition) is 2. The fraction of sp³-hybridized carbons (Fsp3) is 0.133. The number of hydrogen-bond acceptors (Lipinski definition) is 4. The van der Waals surface area contributed by atoms with Crippen LogP contribution in [-0.4, -0.2) is 18.1 Å². The van der Waals surface area contributed by atoms with E-state index in [-0.39, 0.29) is 0 Å². The molecule has 0 saturated heterocycles. The van der Waals surface area contributed by atoms with Crippen molar-refractivity contribution in [2.24, 2.45) is 0 Å². The Morgan fingerprint density at radius 3 is 3.16 bits per heavy atom. The van der Waals surface area contributed by atoms with Gasteiger partial charge in [-0.25, -0.2) is 4.98 Å². The van der Waals surface area contributed by atoms with Crippen LogP contribution in [0, 0.1) is 12.3 Å². The van der Waals surface area contributed by atoms with Crippen LogP contribution >= 0.6 is 0 Å². The van der Waals surface area contributed by atoms with Gasteiger partial charge in [-0.1, -0.05) is 12.0 Å². The average molecular weight is 251 g/mol. The molecule has 4 heteroatoms. The van der Waals surface area contributed by atoms with Gasteiger partial charge >= 0.3 is 0 Å². The summed E-state index contributed by atoms with van der Waals surface area (Å²) in [6.07, 6.45) is 7.15. The van der Waals surface area contributed by atoms with Crippen molar-refractivity contribution in [3.05, 3.63) is 42.1 Å². The van der Waals surface area contributed by atoms with Crippen molar-refractivity contribution in [3.63, 3.8) is 0 Å². The topological polar surface area (TPSA) is 46.2 Å². The number of nitrogens with one attached hydrogen (secondary N) is 2. The Morgan fingerprint density at radius 1 is 1.32 bits per heavy atom. The highest BCUT2D eigenvalue weighted by molar-refractivity contribution is 5.65. The van der Waals surface area contributed by atoms with E-state index in [0.717, 1.165) is 35.1 Å². The molecule has 1 aliphatic heterocycles. The van der Waals surface area contributed by atoms with E-state index in [4.69, 9.17) is 11.2 Å². The highest BCUT2D eigenvalue weighted by Crippen LogP contribution is 2.29. The van der Waals surface area contributed by atoms with Gasteiger partial charge in [0.25, 0.3) is 0 Å². The summed E-state index contributed by atoms with van der Waals surface area (Å²) in [4.78, 5) is 4.32. The summed E-state index contributed by atoms with van der Waals surface area (Å²) in [5.41, 5.74) is 2.64. The molecule has 2 heterocycles. The third-order valence-corrected chi connectivity index (χ3v) is 2.82. The third-order valence-electron chi connectivity index (χ3n) is 2.82. The molecular weight excluding hydrogens is 238 g/mol. The molecule has 0 atom stereocenters. The summed E-state index contributed by atoms with van der Waals surface area (Å²) < 4.78 is 5.55. The largest absolute Gasteiger partial charge is 0.488 e. The maximum atomic E-state index is 5.55. The first kappa shape index (κ1) is 11.4. The van der Waals surface area contributed by atoms with Gasteiger partial charge in [0.15, 0.2) is 11.6 Å². The predicted molar refractivity (Wildman–Crippen MR) is 75.9 cm³/mol. The lowest BCUT2D eigenvalue weighted by molar-refractivity contribution is 0.321. The maximum absolute atomic E-state index is 5.55. The van der Waals surface area contributed by atoms with Gasteiger partial charge in [-0.15, -0.1) is 6.42 Å². The molecule has 3 rings (SSSR count). The Hall–Kier alpha value is -2.67. The number of nitrogens with zero attached hydrogens (tertiary/aromatic N) is 1. The highest BCUT2D eigenvalue weighted by atomic mass is 16.5. The standard InChI is InChI=1S/C15H13N3O/c1-2-11-4-3-5-12(8-11)18-13-9-14-15(17-10-13)16-6-7-19-14/h1,3-5,8-10,18H,6-7H2,(H,16,17). The minimum Gasteiger partial charge on any atom is -0.488 e. The van der Waals surface area contributed by atoms with Crippen LogP contribution in [0.4, 0.5) is 17.2 Å². The molecule has 4 nitrogen and oxygen atoms in total. The van der Waals surface area contributed by atoms with E-state index in [1.54, 1.807) is 6.20 Å². The molecule has 2 aromatic rings. The first-order chi connectivity index (χ1) is 9.35. The summed E-state index contributed by atoms with van der Waals surface area (Å²) in [5, 5.41) is 6.44. The number of rotatable bonds is 2. The SMILES string of the molecule is C#Cc1cccc(Nc2cnc3c(c2)OCCN3)c1. The zero-order valence-corrected chi connectivity index (χ0v) is 10.3. The molecule has 0 unspecified atom stereocenters. The number of pyridine rings is 1. The molecule has 19 heavy (non-hydrogen) atoms. The number of fused-ring (bicyclic) bond motifs is 1. The van der Waals surface area contributed by atoms with Crippen molar-refractivity contribution < 1.29 is 4.74 Å². The minimum absolute atomic E-state index is 0.657. The summed E-state index contributed by atoms with van der Waals surface area (Å²) in [6, 6.07) is 9.61. The van der Waals surface area contributed by atoms with Crippen LogP contribution < -0.4 is 15.4 Å². The molecule has 94 valence electrons. The van der Waals surface area contributed by atoms with E-state index < -0.39 is 0 Å². The van der Waals surface area contributed by atoms with E-state index >= 15 is 0 Å². The van der Waals surface area contributed by atoms with Crippen molar-refractivity contribution in [1.82, 2.24) is 4.98 Å². The van der Waals surface area contributed by atoms with Crippen molar-refractivity contribution in [1.29, 1.82) is 0 Å². The second kappa shape index (κ2) is 4.91. The summed E-state index contributed by atoms with van der Waals surface area (Å²) in [7, 11) is 0. The lowest BCUT2D eigenvalue weighted by Gasteiger charge is -2.18. The normalized spacial score (nSPS) is 12.6. The summed E-state index contributed by atoms with van der Waals surface area (Å²) in [5.74, 6) is 4.17. The van der Waals surface area contributed by atoms with E-state index in [9.17, 15) is 0 Å². The van der Waals surface area contributed by atoms with E-state index in [1.165, 1.54) is 0 Å². The van der Waals surface area contributed by atoms with Gasteiger partial charge in [0.1, 0.15) is 6.61 Å². The van der Waals surface area contributed by atoms with Crippen molar-refractivity contribution in [2.75, 3.05) is 23.8 Å². The molecular formula is C15H13N3O. The number of terminal acetylenes is 1. The fourth-order valence-electron chi connectivity index (χ4n) is 1.94. The monoisotopic (exact) mass is 251 g/mol. The molecule has 1 aromatic carbocycles. The van der Waals surface area contributed by atoms with Crippen LogP contribution in [0.1, 0.15) is 5.56 Å². The van der Waals surface area contributed by atoms with Crippen LogP contribution in [0.3, 0.4) is 0 Å². The van der Waals surface area contributed by atoms with E-state index in [1.807, 2.05) is 30.3 Å². The molecule has 0 radical (unpaired) electrons. The molecule has 0 spiro atoms. The van der Waals surface area contributed by atoms with Crippen LogP contribution in [-0.2, 0) is 0 Å². The van der Waals surface area contributed by atoms with Crippen LogP contribution in [0.15, 0.2) is 36.5 Å². The molecule has 0 amide bonds. The molecule has 0 saturated carbocycles. The average Bonchev–Trinajstić information content (AvgIpc) is 2.47. The van der Waals surface area contributed by atoms with Crippen molar-refractivity contribution >= 4 is 17.2 Å². The van der Waals surface area contributed by atoms with Crippen molar-refractivity contribution in [2.45, 2.75) is 0 Å². The Labute approximate surface area is 111 Å². The quantitative estimate of drug-likeness (QED) is 0.805. The van der Waals surface area contributed by atoms with Gasteiger partial charge in [0.2, 0.25) is 0 Å². The summed E-state index contributed by atoms with van der Waals surface area (Å²) >= 11 is 0. The number of anilines is 3. The molecule has 1 aliphatic rings. The maximum Gasteiger partial charge on any atom is 0.169 e. The van der Waals surface area contributed by atoms with Gasteiger partial charge in [-0.05, 0) is 18.2 Å². The second-order valence-corrected chi connectivity index (χ2v) is 4.20. The second-order valence-electron chi connectivity index (χ2n) is 4.20. The van der Waals surface area contributed by atoms with Gasteiger partial charge in [0, 0.05) is 17.3 Å². The lowest BCUT2D eigenvalue weighted by atomic mass is 10.2. The summed E-state index contributed by atoms with van der Waals surface area (Å²) in [6.45, 7) is 1.45. The number of ether oxygens (including phenoxy) is 1. The lowest BCUT2D eigenvalue weighted by Crippen LogP contribution is -2.19. The smallest absolute Gasteiger partial charge is 0.169 e. The van der Waals surface area contributed by atoms with Gasteiger partial charge in [-0.2, -0.15) is 0 Å². The van der Waals surface area contributed by atoms with Crippen LogP contribution in [0.2, 0.25) is 0 Å². The number of aromatic nitrogens is 1. The van der Waals surface area contributed by atoms with Gasteiger partial charge in [-0.3, -0.25) is 0 Å². The Morgan fingerprint density at radius 2 is 2.26 bits per heavy atom. The van der Waals surface area contributed by atoms with Gasteiger partial charge in [0.05, 0.1) is 18.4 Å². The van der Waals surface area contributed by atoms with Gasteiger partial charge < -0.3 is 15.4 Å². The third kappa shape index (κ3) is 2.45. The molecule has 0 fully saturated rings. The fourth-order valence-corrected chi connectivity index (χ4v) is 1.94. The molecule has 0 bridgehead atoms. The predicted octanol–water partition coefficient (Wildman–Crippen LogP) is 2.61. The molecule has 2 N–H and O–H groups in total. The van der Waals surface area contributed by atoms with E-state index in [2.05, 4.69) is 21.5 Å². The Bertz CT molecular complexity index is 646. The van der Waals surface area contributed by atoms with Crippen LogP contribution in [0.5, 0.6) is 5.75 Å². The molecule has 0 aliphatic carbocycles. The molecule has 1 aromatic heterocycles. The zero-order chi connectivity index (χ0) is 13.1. The van der Waals surface area contributed by atoms with E-state index in [0.29, 0.717) is 6.61 Å². The number of benzene rings is 1. The first-order valence-electron chi connectivity index (χ1n) is 6.05. The highest BCUT2D eigenvalue weighted by Gasteiger charge is 2.11. The van der Waals surface area contributed by atoms with Crippen molar-refractivity contribution in [3.8, 4) is 18.1 Å². The van der Waals surface area contributed by atoms with Crippen LogP contribution in [0.25, 0.3) is 0 Å². The zero-order valence-electron chi connectivity index (χ0n) is 10.3.